The molecule has 3 amide bonds. The lowest BCUT2D eigenvalue weighted by molar-refractivity contribution is 0.0952. The van der Waals surface area contributed by atoms with Crippen LogP contribution in [0.25, 0.3) is 10.4 Å². The van der Waals surface area contributed by atoms with Crippen molar-refractivity contribution in [3.05, 3.63) is 117 Å². The summed E-state index contributed by atoms with van der Waals surface area (Å²) in [5.41, 5.74) is 4.49. The van der Waals surface area contributed by atoms with Crippen LogP contribution in [0.3, 0.4) is 0 Å². The van der Waals surface area contributed by atoms with E-state index in [1.54, 1.807) is 53.9 Å². The number of carbonyl (C=O) groups excluding carboxylic acids is 3. The van der Waals surface area contributed by atoms with Crippen LogP contribution < -0.4 is 20.4 Å². The zero-order valence-electron chi connectivity index (χ0n) is 24.5. The number of nitrogens with one attached hydrogen (secondary N) is 2. The Morgan fingerprint density at radius 3 is 2.49 bits per heavy atom. The molecule has 2 aliphatic rings. The van der Waals surface area contributed by atoms with E-state index in [0.29, 0.717) is 47.0 Å². The molecule has 0 radical (unpaired) electrons. The van der Waals surface area contributed by atoms with Gasteiger partial charge in [0, 0.05) is 52.4 Å². The SMILES string of the molecule is O=C(NCc1cccs1)c1cc2c(s1)-c1ccccc1N(C(=O)c1ccc(NC(=O)c3cccnc3N3CCCC3)cc1)CC2. The summed E-state index contributed by atoms with van der Waals surface area (Å²) >= 11 is 3.08. The van der Waals surface area contributed by atoms with Crippen LogP contribution in [0.5, 0.6) is 0 Å². The molecule has 5 aromatic rings. The maximum absolute atomic E-state index is 13.9. The normalized spacial score (nSPS) is 14.0. The van der Waals surface area contributed by atoms with Gasteiger partial charge in [-0.3, -0.25) is 14.4 Å². The molecule has 2 aromatic carbocycles. The van der Waals surface area contributed by atoms with Gasteiger partial charge < -0.3 is 20.4 Å². The summed E-state index contributed by atoms with van der Waals surface area (Å²) < 4.78 is 0. The topological polar surface area (TPSA) is 94.6 Å². The van der Waals surface area contributed by atoms with Gasteiger partial charge in [-0.2, -0.15) is 0 Å². The van der Waals surface area contributed by atoms with Gasteiger partial charge in [0.1, 0.15) is 5.82 Å². The van der Waals surface area contributed by atoms with E-state index in [4.69, 9.17) is 0 Å². The summed E-state index contributed by atoms with van der Waals surface area (Å²) in [7, 11) is 0. The Morgan fingerprint density at radius 1 is 0.867 bits per heavy atom. The second kappa shape index (κ2) is 12.7. The lowest BCUT2D eigenvalue weighted by atomic mass is 10.1. The second-order valence-electron chi connectivity index (χ2n) is 11.1. The van der Waals surface area contributed by atoms with E-state index in [9.17, 15) is 14.4 Å². The molecule has 0 bridgehead atoms. The van der Waals surface area contributed by atoms with E-state index in [1.807, 2.05) is 52.7 Å². The van der Waals surface area contributed by atoms with Crippen molar-refractivity contribution in [1.29, 1.82) is 0 Å². The lowest BCUT2D eigenvalue weighted by Crippen LogP contribution is -2.32. The molecule has 0 saturated carbocycles. The molecular weight excluding hydrogens is 603 g/mol. The molecular formula is C35H31N5O3S2. The smallest absolute Gasteiger partial charge is 0.261 e. The minimum atomic E-state index is -0.226. The van der Waals surface area contributed by atoms with Crippen LogP contribution in [-0.2, 0) is 13.0 Å². The molecule has 45 heavy (non-hydrogen) atoms. The maximum atomic E-state index is 13.9. The van der Waals surface area contributed by atoms with Gasteiger partial charge in [-0.1, -0.05) is 24.3 Å². The number of anilines is 3. The van der Waals surface area contributed by atoms with Crippen molar-refractivity contribution in [1.82, 2.24) is 10.3 Å². The number of carbonyl (C=O) groups is 3. The number of para-hydroxylation sites is 1. The predicted octanol–water partition coefficient (Wildman–Crippen LogP) is 6.86. The second-order valence-corrected chi connectivity index (χ2v) is 13.1. The number of benzene rings is 2. The quantitative estimate of drug-likeness (QED) is 0.204. The van der Waals surface area contributed by atoms with Gasteiger partial charge in [-0.15, -0.1) is 22.7 Å². The molecule has 0 atom stereocenters. The van der Waals surface area contributed by atoms with Gasteiger partial charge in [-0.25, -0.2) is 4.98 Å². The molecule has 0 spiro atoms. The number of thiophene rings is 2. The minimum Gasteiger partial charge on any atom is -0.356 e. The predicted molar refractivity (Wildman–Crippen MR) is 181 cm³/mol. The lowest BCUT2D eigenvalue weighted by Gasteiger charge is -2.23. The number of rotatable bonds is 7. The average molecular weight is 634 g/mol. The number of amides is 3. The van der Waals surface area contributed by atoms with Crippen molar-refractivity contribution in [3.63, 3.8) is 0 Å². The first kappa shape index (κ1) is 28.9. The van der Waals surface area contributed by atoms with Crippen molar-refractivity contribution < 1.29 is 14.4 Å². The van der Waals surface area contributed by atoms with Crippen LogP contribution >= 0.6 is 22.7 Å². The third-order valence-corrected chi connectivity index (χ3v) is 10.2. The van der Waals surface area contributed by atoms with Gasteiger partial charge in [0.25, 0.3) is 17.7 Å². The average Bonchev–Trinajstić information content (AvgIpc) is 3.86. The van der Waals surface area contributed by atoms with Gasteiger partial charge in [0.05, 0.1) is 22.7 Å². The number of pyridine rings is 1. The third-order valence-electron chi connectivity index (χ3n) is 8.15. The number of hydrogen-bond donors (Lipinski definition) is 2. The molecule has 1 saturated heterocycles. The molecule has 0 unspecified atom stereocenters. The van der Waals surface area contributed by atoms with Gasteiger partial charge in [0.15, 0.2) is 0 Å². The Morgan fingerprint density at radius 2 is 1.69 bits per heavy atom. The number of aromatic nitrogens is 1. The van der Waals surface area contributed by atoms with E-state index in [0.717, 1.165) is 52.5 Å². The Labute approximate surface area is 269 Å². The fourth-order valence-corrected chi connectivity index (χ4v) is 7.70. The van der Waals surface area contributed by atoms with Crippen molar-refractivity contribution in [2.24, 2.45) is 0 Å². The van der Waals surface area contributed by atoms with Gasteiger partial charge in [0.2, 0.25) is 0 Å². The molecule has 226 valence electrons. The first-order chi connectivity index (χ1) is 22.0. The first-order valence-corrected chi connectivity index (χ1v) is 16.7. The molecule has 0 aliphatic carbocycles. The van der Waals surface area contributed by atoms with Crippen molar-refractivity contribution >= 4 is 57.6 Å². The van der Waals surface area contributed by atoms with Crippen molar-refractivity contribution in [2.75, 3.05) is 34.8 Å². The molecule has 10 heteroatoms. The summed E-state index contributed by atoms with van der Waals surface area (Å²) in [5, 5.41) is 8.00. The maximum Gasteiger partial charge on any atom is 0.261 e. The van der Waals surface area contributed by atoms with E-state index >= 15 is 0 Å². The zero-order chi connectivity index (χ0) is 30.8. The van der Waals surface area contributed by atoms with E-state index < -0.39 is 0 Å². The zero-order valence-corrected chi connectivity index (χ0v) is 26.1. The fraction of sp³-hybridized carbons (Fsp3) is 0.200. The number of fused-ring (bicyclic) bond motifs is 3. The summed E-state index contributed by atoms with van der Waals surface area (Å²) in [5.74, 6) is 0.276. The molecule has 3 aromatic heterocycles. The fourth-order valence-electron chi connectivity index (χ4n) is 5.89. The third kappa shape index (κ3) is 5.99. The van der Waals surface area contributed by atoms with Crippen LogP contribution in [0.4, 0.5) is 17.2 Å². The molecule has 2 N–H and O–H groups in total. The minimum absolute atomic E-state index is 0.0881. The summed E-state index contributed by atoms with van der Waals surface area (Å²) in [6, 6.07) is 24.4. The van der Waals surface area contributed by atoms with Crippen LogP contribution in [0.2, 0.25) is 0 Å². The van der Waals surface area contributed by atoms with Crippen LogP contribution in [0.1, 0.15) is 53.7 Å². The monoisotopic (exact) mass is 633 g/mol. The summed E-state index contributed by atoms with van der Waals surface area (Å²) in [6.07, 6.45) is 4.53. The highest BCUT2D eigenvalue weighted by atomic mass is 32.1. The number of nitrogens with zero attached hydrogens (tertiary/aromatic N) is 3. The molecule has 8 nitrogen and oxygen atoms in total. The molecule has 7 rings (SSSR count). The van der Waals surface area contributed by atoms with Crippen LogP contribution in [0, 0.1) is 0 Å². The molecule has 5 heterocycles. The van der Waals surface area contributed by atoms with Crippen LogP contribution in [-0.4, -0.2) is 42.3 Å². The highest BCUT2D eigenvalue weighted by molar-refractivity contribution is 7.17. The summed E-state index contributed by atoms with van der Waals surface area (Å²) in [6.45, 7) is 2.78. The molecule has 2 aliphatic heterocycles. The Balaban J connectivity index is 1.07. The highest BCUT2D eigenvalue weighted by Gasteiger charge is 2.28. The van der Waals surface area contributed by atoms with Crippen molar-refractivity contribution in [3.8, 4) is 10.4 Å². The highest BCUT2D eigenvalue weighted by Crippen LogP contribution is 2.42. The van der Waals surface area contributed by atoms with Gasteiger partial charge >= 0.3 is 0 Å². The largest absolute Gasteiger partial charge is 0.356 e. The van der Waals surface area contributed by atoms with E-state index in [2.05, 4.69) is 20.5 Å². The first-order valence-electron chi connectivity index (χ1n) is 15.0. The Bertz CT molecular complexity index is 1860. The Hall–Kier alpha value is -4.80. The van der Waals surface area contributed by atoms with Crippen molar-refractivity contribution in [2.45, 2.75) is 25.8 Å². The van der Waals surface area contributed by atoms with E-state index in [1.165, 1.54) is 11.3 Å². The van der Waals surface area contributed by atoms with Gasteiger partial charge in [-0.05, 0) is 84.8 Å². The van der Waals surface area contributed by atoms with E-state index in [-0.39, 0.29) is 17.7 Å². The standard InChI is InChI=1S/C35H31N5O3S2/c41-33(28-9-5-16-36-32(28)39-17-3-4-18-39)38-25-13-11-23(12-14-25)35(43)40-19-15-24-21-30(34(42)37-22-26-7-6-20-44-26)45-31(24)27-8-1-2-10-29(27)40/h1-2,5-14,16,20-21H,3-4,15,17-19,22H2,(H,37,42)(H,38,41). The van der Waals surface area contributed by atoms with Crippen LogP contribution in [0.15, 0.2) is 90.4 Å². The summed E-state index contributed by atoms with van der Waals surface area (Å²) in [4.78, 5) is 51.3. The Kier molecular flexibility index (Phi) is 8.15. The number of hydrogen-bond acceptors (Lipinski definition) is 7. The molecule has 1 fully saturated rings.